The minimum absolute atomic E-state index is 0.182. The number of rotatable bonds is 6. The highest BCUT2D eigenvalue weighted by molar-refractivity contribution is 7.89. The predicted molar refractivity (Wildman–Crippen MR) is 79.1 cm³/mol. The lowest BCUT2D eigenvalue weighted by Gasteiger charge is -2.25. The monoisotopic (exact) mass is 305 g/mol. The molecule has 0 unspecified atom stereocenters. The summed E-state index contributed by atoms with van der Waals surface area (Å²) in [5, 5.41) is 10.2. The van der Waals surface area contributed by atoms with Crippen LogP contribution in [-0.4, -0.2) is 92.3 Å². The molecule has 2 heterocycles. The molecule has 2 aliphatic heterocycles. The summed E-state index contributed by atoms with van der Waals surface area (Å²) in [5.41, 5.74) is 0. The van der Waals surface area contributed by atoms with Crippen molar-refractivity contribution in [3.63, 3.8) is 0 Å². The highest BCUT2D eigenvalue weighted by Crippen LogP contribution is 2.21. The maximum Gasteiger partial charge on any atom is 0.213 e. The van der Waals surface area contributed by atoms with Crippen LogP contribution in [0, 0.1) is 0 Å². The second-order valence-electron chi connectivity index (χ2n) is 6.09. The molecule has 2 aliphatic rings. The second-order valence-corrected chi connectivity index (χ2v) is 8.39. The van der Waals surface area contributed by atoms with Crippen molar-refractivity contribution in [2.75, 3.05) is 52.6 Å². The lowest BCUT2D eigenvalue weighted by Crippen LogP contribution is -2.41. The van der Waals surface area contributed by atoms with Gasteiger partial charge in [0.15, 0.2) is 0 Å². The molecule has 2 saturated heterocycles. The van der Waals surface area contributed by atoms with Gasteiger partial charge in [-0.2, -0.15) is 0 Å². The average molecular weight is 305 g/mol. The Morgan fingerprint density at radius 3 is 2.45 bits per heavy atom. The molecule has 118 valence electrons. The number of sulfonamides is 1. The van der Waals surface area contributed by atoms with Crippen LogP contribution in [0.4, 0.5) is 0 Å². The molecule has 2 fully saturated rings. The van der Waals surface area contributed by atoms with Gasteiger partial charge in [0.1, 0.15) is 0 Å². The quantitative estimate of drug-likeness (QED) is 0.710. The molecule has 0 amide bonds. The Kier molecular flexibility index (Phi) is 5.42. The molecule has 0 saturated carbocycles. The molecule has 2 rings (SSSR count). The Morgan fingerprint density at radius 2 is 1.85 bits per heavy atom. The molecule has 6 nitrogen and oxygen atoms in total. The molecular weight excluding hydrogens is 278 g/mol. The van der Waals surface area contributed by atoms with Gasteiger partial charge >= 0.3 is 0 Å². The number of nitrogens with zero attached hydrogens (tertiary/aromatic N) is 3. The Hall–Kier alpha value is -0.210. The standard InChI is InChI=1S/C13H27N3O3S/c1-14(2)20(18,19)9-5-6-15-10-12(13(17)11-15)16-7-3-4-8-16/h12-13,17H,3-11H2,1-2H3/t12-,13-/m0/s1. The smallest absolute Gasteiger partial charge is 0.213 e. The van der Waals surface area contributed by atoms with Crippen LogP contribution in [0.25, 0.3) is 0 Å². The summed E-state index contributed by atoms with van der Waals surface area (Å²) in [7, 11) is 0.0368. The van der Waals surface area contributed by atoms with Crippen molar-refractivity contribution in [1.29, 1.82) is 0 Å². The van der Waals surface area contributed by atoms with Crippen LogP contribution >= 0.6 is 0 Å². The van der Waals surface area contributed by atoms with E-state index in [-0.39, 0.29) is 17.9 Å². The van der Waals surface area contributed by atoms with Gasteiger partial charge in [-0.25, -0.2) is 12.7 Å². The van der Waals surface area contributed by atoms with E-state index in [9.17, 15) is 13.5 Å². The van der Waals surface area contributed by atoms with E-state index in [2.05, 4.69) is 9.80 Å². The third-order valence-corrected chi connectivity index (χ3v) is 6.29. The van der Waals surface area contributed by atoms with Crippen molar-refractivity contribution < 1.29 is 13.5 Å². The van der Waals surface area contributed by atoms with Gasteiger partial charge in [0.05, 0.1) is 11.9 Å². The van der Waals surface area contributed by atoms with E-state index in [0.29, 0.717) is 13.0 Å². The highest BCUT2D eigenvalue weighted by atomic mass is 32.2. The van der Waals surface area contributed by atoms with Crippen molar-refractivity contribution in [2.45, 2.75) is 31.4 Å². The largest absolute Gasteiger partial charge is 0.390 e. The topological polar surface area (TPSA) is 64.1 Å². The molecule has 0 aromatic carbocycles. The summed E-state index contributed by atoms with van der Waals surface area (Å²) in [6.45, 7) is 4.45. The molecule has 0 aromatic heterocycles. The normalized spacial score (nSPS) is 29.6. The summed E-state index contributed by atoms with van der Waals surface area (Å²) in [4.78, 5) is 4.57. The number of hydrogen-bond donors (Lipinski definition) is 1. The predicted octanol–water partition coefficient (Wildman–Crippen LogP) is -0.591. The van der Waals surface area contributed by atoms with Crippen LogP contribution in [0.1, 0.15) is 19.3 Å². The maximum atomic E-state index is 11.7. The lowest BCUT2D eigenvalue weighted by atomic mass is 10.2. The van der Waals surface area contributed by atoms with Crippen LogP contribution in [0.3, 0.4) is 0 Å². The fraction of sp³-hybridized carbons (Fsp3) is 1.00. The van der Waals surface area contributed by atoms with Crippen molar-refractivity contribution in [3.05, 3.63) is 0 Å². The second kappa shape index (κ2) is 6.70. The lowest BCUT2D eigenvalue weighted by molar-refractivity contribution is 0.0978. The SMILES string of the molecule is CN(C)S(=O)(=O)CCCN1C[C@H](O)[C@@H](N2CCCC2)C1. The molecule has 0 spiro atoms. The van der Waals surface area contributed by atoms with Crippen LogP contribution < -0.4 is 0 Å². The third-order valence-electron chi connectivity index (χ3n) is 4.38. The zero-order chi connectivity index (χ0) is 14.8. The van der Waals surface area contributed by atoms with Gasteiger partial charge in [-0.3, -0.25) is 9.80 Å². The molecule has 2 atom stereocenters. The van der Waals surface area contributed by atoms with Gasteiger partial charge in [0, 0.05) is 33.2 Å². The summed E-state index contributed by atoms with van der Waals surface area (Å²) in [5.74, 6) is 0.182. The van der Waals surface area contributed by atoms with Gasteiger partial charge in [-0.05, 0) is 38.9 Å². The summed E-state index contributed by atoms with van der Waals surface area (Å²) < 4.78 is 24.7. The molecule has 1 N–H and O–H groups in total. The van der Waals surface area contributed by atoms with E-state index in [0.717, 1.165) is 26.2 Å². The summed E-state index contributed by atoms with van der Waals surface area (Å²) >= 11 is 0. The summed E-state index contributed by atoms with van der Waals surface area (Å²) in [6, 6.07) is 0.239. The third kappa shape index (κ3) is 3.92. The van der Waals surface area contributed by atoms with Gasteiger partial charge in [-0.1, -0.05) is 0 Å². The van der Waals surface area contributed by atoms with Gasteiger partial charge in [0.2, 0.25) is 10.0 Å². The minimum Gasteiger partial charge on any atom is -0.390 e. The van der Waals surface area contributed by atoms with Crippen molar-refractivity contribution >= 4 is 10.0 Å². The van der Waals surface area contributed by atoms with Crippen LogP contribution in [0.15, 0.2) is 0 Å². The maximum absolute atomic E-state index is 11.7. The number of β-amino-alcohol motifs (C(OH)–C–C–N with tert-alkyl or cyclic N) is 1. The molecule has 0 aliphatic carbocycles. The van der Waals surface area contributed by atoms with Gasteiger partial charge in [-0.15, -0.1) is 0 Å². The van der Waals surface area contributed by atoms with E-state index in [1.54, 1.807) is 14.1 Å². The number of aliphatic hydroxyl groups is 1. The molecule has 7 heteroatoms. The first-order valence-corrected chi connectivity index (χ1v) is 9.06. The van der Waals surface area contributed by atoms with Crippen LogP contribution in [0.5, 0.6) is 0 Å². The number of hydrogen-bond acceptors (Lipinski definition) is 5. The average Bonchev–Trinajstić information content (AvgIpc) is 2.98. The van der Waals surface area contributed by atoms with Crippen LogP contribution in [0.2, 0.25) is 0 Å². The van der Waals surface area contributed by atoms with Crippen molar-refractivity contribution in [2.24, 2.45) is 0 Å². The van der Waals surface area contributed by atoms with Gasteiger partial charge in [0.25, 0.3) is 0 Å². The Balaban J connectivity index is 1.75. The molecule has 20 heavy (non-hydrogen) atoms. The zero-order valence-corrected chi connectivity index (χ0v) is 13.3. The Morgan fingerprint density at radius 1 is 1.20 bits per heavy atom. The van der Waals surface area contributed by atoms with E-state index < -0.39 is 10.0 Å². The molecule has 0 aromatic rings. The number of likely N-dealkylation sites (tertiary alicyclic amines) is 2. The van der Waals surface area contributed by atoms with E-state index in [1.165, 1.54) is 17.1 Å². The van der Waals surface area contributed by atoms with E-state index in [1.807, 2.05) is 0 Å². The number of aliphatic hydroxyl groups excluding tert-OH is 1. The first kappa shape index (κ1) is 16.2. The Bertz CT molecular complexity index is 407. The van der Waals surface area contributed by atoms with Crippen molar-refractivity contribution in [3.8, 4) is 0 Å². The van der Waals surface area contributed by atoms with E-state index >= 15 is 0 Å². The highest BCUT2D eigenvalue weighted by Gasteiger charge is 2.36. The van der Waals surface area contributed by atoms with Crippen LogP contribution in [-0.2, 0) is 10.0 Å². The first-order chi connectivity index (χ1) is 9.40. The minimum atomic E-state index is -3.10. The molecule has 0 radical (unpaired) electrons. The Labute approximate surface area is 122 Å². The van der Waals surface area contributed by atoms with Gasteiger partial charge < -0.3 is 5.11 Å². The fourth-order valence-electron chi connectivity index (χ4n) is 3.11. The van der Waals surface area contributed by atoms with E-state index in [4.69, 9.17) is 0 Å². The summed E-state index contributed by atoms with van der Waals surface area (Å²) in [6.07, 6.45) is 2.78. The first-order valence-electron chi connectivity index (χ1n) is 7.45. The zero-order valence-electron chi connectivity index (χ0n) is 12.5. The van der Waals surface area contributed by atoms with Crippen molar-refractivity contribution in [1.82, 2.24) is 14.1 Å². The molecule has 0 bridgehead atoms. The molecular formula is C13H27N3O3S. The fourth-order valence-corrected chi connectivity index (χ4v) is 3.97.